The highest BCUT2D eigenvalue weighted by Crippen LogP contribution is 2.59. The molecule has 0 amide bonds. The topological polar surface area (TPSA) is 216 Å². The summed E-state index contributed by atoms with van der Waals surface area (Å²) in [6.45, 7) is 0. The second kappa shape index (κ2) is 15.3. The Morgan fingerprint density at radius 1 is 0.419 bits per heavy atom. The van der Waals surface area contributed by atoms with Crippen molar-refractivity contribution in [3.63, 3.8) is 0 Å². The molecule has 2 heterocycles. The van der Waals surface area contributed by atoms with E-state index in [0.29, 0.717) is 0 Å². The Kier molecular flexibility index (Phi) is 10.0. The molecule has 16 heteroatoms. The van der Waals surface area contributed by atoms with E-state index in [9.17, 15) is 68.4 Å². The summed E-state index contributed by atoms with van der Waals surface area (Å²) in [5.41, 5.74) is -7.00. The fourth-order valence-corrected chi connectivity index (χ4v) is 7.37. The van der Waals surface area contributed by atoms with Gasteiger partial charge >= 0.3 is 12.4 Å². The van der Waals surface area contributed by atoms with E-state index in [1.165, 1.54) is 24.3 Å². The molecule has 0 atom stereocenters. The van der Waals surface area contributed by atoms with Crippen molar-refractivity contribution in [1.29, 1.82) is 42.1 Å². The summed E-state index contributed by atoms with van der Waals surface area (Å²) in [7, 11) is 0. The molecule has 62 heavy (non-hydrogen) atoms. The van der Waals surface area contributed by atoms with E-state index in [1.807, 2.05) is 48.6 Å². The summed E-state index contributed by atoms with van der Waals surface area (Å²) < 4.78 is 82.6. The number of rotatable bonds is 4. The van der Waals surface area contributed by atoms with E-state index >= 15 is 0 Å². The molecule has 290 valence electrons. The largest absolute Gasteiger partial charge is 0.416 e. The zero-order chi connectivity index (χ0) is 44.7. The van der Waals surface area contributed by atoms with Gasteiger partial charge < -0.3 is 0 Å². The quantitative estimate of drug-likeness (QED) is 0.123. The maximum atomic E-state index is 13.8. The fourth-order valence-electron chi connectivity index (χ4n) is 7.37. The summed E-state index contributed by atoms with van der Waals surface area (Å²) in [5.74, 6) is 0. The van der Waals surface area contributed by atoms with Crippen molar-refractivity contribution in [3.05, 3.63) is 163 Å². The van der Waals surface area contributed by atoms with Crippen LogP contribution in [-0.4, -0.2) is 9.97 Å². The van der Waals surface area contributed by atoms with E-state index in [0.717, 1.165) is 60.9 Å². The molecule has 0 N–H and O–H groups in total. The van der Waals surface area contributed by atoms with Crippen LogP contribution in [0.5, 0.6) is 0 Å². The first-order valence-corrected chi connectivity index (χ1v) is 17.4. The lowest BCUT2D eigenvalue weighted by molar-refractivity contribution is -0.138. The van der Waals surface area contributed by atoms with Gasteiger partial charge in [0.2, 0.25) is 0 Å². The number of hydrogen-bond donors (Lipinski definition) is 0. The first kappa shape index (κ1) is 40.6. The summed E-state index contributed by atoms with van der Waals surface area (Å²) in [6, 6.07) is 27.8. The van der Waals surface area contributed by atoms with Gasteiger partial charge in [-0.3, -0.25) is 9.97 Å². The van der Waals surface area contributed by atoms with Gasteiger partial charge in [-0.25, -0.2) is 0 Å². The van der Waals surface area contributed by atoms with Gasteiger partial charge in [-0.1, -0.05) is 24.3 Å². The summed E-state index contributed by atoms with van der Waals surface area (Å²) in [4.78, 5) is 8.43. The van der Waals surface area contributed by atoms with Crippen LogP contribution in [-0.2, 0) is 12.4 Å². The van der Waals surface area contributed by atoms with E-state index in [4.69, 9.17) is 0 Å². The van der Waals surface area contributed by atoms with Crippen LogP contribution in [0, 0.1) is 90.6 Å². The van der Waals surface area contributed by atoms with Gasteiger partial charge in [-0.05, 0) is 59.7 Å². The monoisotopic (exact) mass is 820 g/mol. The highest BCUT2D eigenvalue weighted by Gasteiger charge is 2.44. The zero-order valence-electron chi connectivity index (χ0n) is 30.8. The molecule has 0 fully saturated rings. The molecule has 3 aromatic carbocycles. The van der Waals surface area contributed by atoms with Crippen molar-refractivity contribution >= 4 is 44.6 Å². The van der Waals surface area contributed by atoms with E-state index in [1.54, 1.807) is 0 Å². The van der Waals surface area contributed by atoms with Crippen LogP contribution < -0.4 is 0 Å². The highest BCUT2D eigenvalue weighted by atomic mass is 19.4. The first-order valence-electron chi connectivity index (χ1n) is 17.4. The molecule has 0 saturated heterocycles. The zero-order valence-corrected chi connectivity index (χ0v) is 30.8. The van der Waals surface area contributed by atoms with E-state index < -0.39 is 45.8 Å². The molecule has 0 unspecified atom stereocenters. The molecule has 2 aromatic heterocycles. The average molecular weight is 821 g/mol. The normalized spacial score (nSPS) is 14.4. The van der Waals surface area contributed by atoms with Gasteiger partial charge in [-0.15, -0.1) is 0 Å². The second-order valence-corrected chi connectivity index (χ2v) is 13.2. The molecule has 7 rings (SSSR count). The Balaban J connectivity index is 1.72. The average Bonchev–Trinajstić information content (AvgIpc) is 3.79. The lowest BCUT2D eigenvalue weighted by Crippen LogP contribution is -2.06. The summed E-state index contributed by atoms with van der Waals surface area (Å²) in [6.07, 6.45) is -7.33. The fraction of sp³-hybridized carbons (Fsp3) is 0.0435. The summed E-state index contributed by atoms with van der Waals surface area (Å²) in [5, 5.41) is 84.6. The molecule has 10 nitrogen and oxygen atoms in total. The van der Waals surface area contributed by atoms with E-state index in [-0.39, 0.29) is 89.3 Å². The Morgan fingerprint density at radius 3 is 1.02 bits per heavy atom. The maximum Gasteiger partial charge on any atom is 0.416 e. The molecular weight excluding hydrogens is 807 g/mol. The van der Waals surface area contributed by atoms with Gasteiger partial charge in [0, 0.05) is 56.9 Å². The Bertz CT molecular complexity index is 3070. The van der Waals surface area contributed by atoms with Crippen LogP contribution in [0.15, 0.2) is 85.2 Å². The van der Waals surface area contributed by atoms with Gasteiger partial charge in [0.1, 0.15) is 48.6 Å². The number of fused-ring (bicyclic) bond motifs is 2. The minimum absolute atomic E-state index is 0.0744. The Morgan fingerprint density at radius 2 is 0.774 bits per heavy atom. The van der Waals surface area contributed by atoms with Crippen LogP contribution in [0.25, 0.3) is 44.6 Å². The minimum atomic E-state index is -4.79. The second-order valence-electron chi connectivity index (χ2n) is 13.2. The minimum Gasteiger partial charge on any atom is -0.254 e. The maximum absolute atomic E-state index is 13.8. The molecular formula is C46H14F6N10. The molecule has 0 radical (unpaired) electrons. The number of halogens is 6. The smallest absolute Gasteiger partial charge is 0.254 e. The van der Waals surface area contributed by atoms with Gasteiger partial charge in [0.25, 0.3) is 0 Å². The third-order valence-corrected chi connectivity index (χ3v) is 9.97. The van der Waals surface area contributed by atoms with Crippen LogP contribution in [0.4, 0.5) is 26.3 Å². The van der Waals surface area contributed by atoms with Gasteiger partial charge in [-0.2, -0.15) is 68.4 Å². The molecule has 0 bridgehead atoms. The number of nitrogens with zero attached hydrogens (tertiary/aromatic N) is 10. The van der Waals surface area contributed by atoms with Crippen molar-refractivity contribution in [2.24, 2.45) is 0 Å². The Labute approximate surface area is 346 Å². The lowest BCUT2D eigenvalue weighted by Gasteiger charge is -2.17. The molecule has 2 aliphatic carbocycles. The van der Waals surface area contributed by atoms with Crippen LogP contribution in [0.2, 0.25) is 0 Å². The highest BCUT2D eigenvalue weighted by molar-refractivity contribution is 6.36. The van der Waals surface area contributed by atoms with Crippen molar-refractivity contribution in [2.45, 2.75) is 12.4 Å². The molecule has 2 aliphatic rings. The van der Waals surface area contributed by atoms with Crippen molar-refractivity contribution in [3.8, 4) is 48.6 Å². The predicted molar refractivity (Wildman–Crippen MR) is 206 cm³/mol. The van der Waals surface area contributed by atoms with Crippen LogP contribution in [0.3, 0.4) is 0 Å². The predicted octanol–water partition coefficient (Wildman–Crippen LogP) is 9.77. The molecule has 0 aliphatic heterocycles. The molecule has 5 aromatic rings. The number of pyridine rings is 2. The molecule has 0 saturated carbocycles. The number of benzene rings is 3. The van der Waals surface area contributed by atoms with Gasteiger partial charge in [0.05, 0.1) is 67.1 Å². The molecule has 0 spiro atoms. The third kappa shape index (κ3) is 6.43. The third-order valence-electron chi connectivity index (χ3n) is 9.97. The van der Waals surface area contributed by atoms with Crippen molar-refractivity contribution < 1.29 is 26.3 Å². The van der Waals surface area contributed by atoms with Crippen molar-refractivity contribution in [1.82, 2.24) is 9.97 Å². The van der Waals surface area contributed by atoms with Crippen LogP contribution in [0.1, 0.15) is 78.1 Å². The standard InChI is InChI=1S/C46H14F6N10/c47-45(48,49)27-7-3-25(4-8-27)37-31(17-57)39-34(20-60)44-40(33(19-59)43(39)41(37)29(15-55)35-11-1-23(13-53)21-61-35)32(18-58)38(26-5-9-28(10-6-26)46(50,51)52)42(44)30(16-56)36-12-2-24(14-54)22-62-36/h1-12,21-22H/b41-29+,42-30+. The lowest BCUT2D eigenvalue weighted by atomic mass is 9.82. The van der Waals surface area contributed by atoms with Crippen molar-refractivity contribution in [2.75, 3.05) is 0 Å². The number of nitriles is 8. The van der Waals surface area contributed by atoms with Gasteiger partial charge in [0.15, 0.2) is 0 Å². The Hall–Kier alpha value is -9.58. The number of hydrogen-bond acceptors (Lipinski definition) is 10. The first-order chi connectivity index (χ1) is 29.7. The number of allylic oxidation sites excluding steroid dienone is 8. The number of alkyl halides is 6. The van der Waals surface area contributed by atoms with Crippen LogP contribution >= 0.6 is 0 Å². The number of aromatic nitrogens is 2. The SMILES string of the molecule is N#CC1=C(c2ccc(C(F)(F)F)cc2)/C(=C(/C#N)c2ccc(C#N)cn2)c2c(C#N)c3c(c(C#N)c21)/C(=C(\C#N)c1ccc(C#N)cn1)C(c1ccc(C(F)(F)F)cc1)=C3C#N. The summed E-state index contributed by atoms with van der Waals surface area (Å²) >= 11 is 0. The van der Waals surface area contributed by atoms with E-state index in [2.05, 4.69) is 9.97 Å².